The molecule has 0 saturated carbocycles. The molecule has 1 N–H and O–H groups in total. The van der Waals surface area contributed by atoms with Crippen LogP contribution in [0.15, 0.2) is 18.2 Å². The van der Waals surface area contributed by atoms with Crippen LogP contribution in [0.4, 0.5) is 0 Å². The summed E-state index contributed by atoms with van der Waals surface area (Å²) >= 11 is 0. The molecular weight excluding hydrogens is 354 g/mol. The Morgan fingerprint density at radius 3 is 2.68 bits per heavy atom. The number of para-hydroxylation sites is 1. The van der Waals surface area contributed by atoms with Gasteiger partial charge in [-0.1, -0.05) is 12.1 Å². The molecule has 156 valence electrons. The Morgan fingerprint density at radius 2 is 1.93 bits per heavy atom. The van der Waals surface area contributed by atoms with E-state index in [-0.39, 0.29) is 6.61 Å². The number of nitrogens with zero attached hydrogens (tertiary/aromatic N) is 3. The van der Waals surface area contributed by atoms with Crippen LogP contribution >= 0.6 is 0 Å². The Balaban J connectivity index is 1.38. The minimum atomic E-state index is 0.261. The molecule has 0 radical (unpaired) electrons. The van der Waals surface area contributed by atoms with Crippen LogP contribution in [0, 0.1) is 0 Å². The van der Waals surface area contributed by atoms with Crippen LogP contribution in [0.25, 0.3) is 0 Å². The monoisotopic (exact) mass is 389 g/mol. The number of aliphatic hydroxyl groups excluding tert-OH is 1. The van der Waals surface area contributed by atoms with Gasteiger partial charge in [0.05, 0.1) is 0 Å². The van der Waals surface area contributed by atoms with Crippen LogP contribution in [-0.4, -0.2) is 84.1 Å². The van der Waals surface area contributed by atoms with Gasteiger partial charge in [0.15, 0.2) is 11.5 Å². The second-order valence-electron chi connectivity index (χ2n) is 8.65. The first-order valence-corrected chi connectivity index (χ1v) is 10.9. The Morgan fingerprint density at radius 1 is 1.11 bits per heavy atom. The number of piperidine rings is 1. The number of rotatable bonds is 6. The normalized spacial score (nSPS) is 24.9. The van der Waals surface area contributed by atoms with Gasteiger partial charge in [0.1, 0.15) is 0 Å². The Labute approximate surface area is 169 Å². The fourth-order valence-corrected chi connectivity index (χ4v) is 5.05. The number of fused-ring (bicyclic) bond motifs is 1. The first-order valence-electron chi connectivity index (χ1n) is 10.9. The molecule has 0 aliphatic carbocycles. The highest BCUT2D eigenvalue weighted by Crippen LogP contribution is 2.36. The highest BCUT2D eigenvalue weighted by atomic mass is 16.7. The highest BCUT2D eigenvalue weighted by Gasteiger charge is 2.34. The van der Waals surface area contributed by atoms with Gasteiger partial charge in [-0.25, -0.2) is 0 Å². The molecular formula is C22H35N3O3. The maximum Gasteiger partial charge on any atom is 0.231 e. The molecule has 1 aromatic carbocycles. The number of likely N-dealkylation sites (tertiary alicyclic amines) is 1. The van der Waals surface area contributed by atoms with Crippen molar-refractivity contribution in [2.75, 3.05) is 46.1 Å². The van der Waals surface area contributed by atoms with Crippen molar-refractivity contribution in [3.05, 3.63) is 23.8 Å². The van der Waals surface area contributed by atoms with E-state index < -0.39 is 0 Å². The fourth-order valence-electron chi connectivity index (χ4n) is 5.05. The Hall–Kier alpha value is -1.34. The zero-order valence-corrected chi connectivity index (χ0v) is 17.3. The minimum Gasteiger partial charge on any atom is -0.454 e. The van der Waals surface area contributed by atoms with E-state index in [9.17, 15) is 5.11 Å². The number of hydrogen-bond acceptors (Lipinski definition) is 6. The lowest BCUT2D eigenvalue weighted by atomic mass is 9.97. The third-order valence-electron chi connectivity index (χ3n) is 6.65. The van der Waals surface area contributed by atoms with Crippen LogP contribution in [-0.2, 0) is 6.54 Å². The highest BCUT2D eigenvalue weighted by molar-refractivity contribution is 5.48. The minimum absolute atomic E-state index is 0.261. The summed E-state index contributed by atoms with van der Waals surface area (Å²) in [5, 5.41) is 9.66. The summed E-state index contributed by atoms with van der Waals surface area (Å²) in [6.45, 7) is 11.6. The van der Waals surface area contributed by atoms with Gasteiger partial charge in [-0.2, -0.15) is 0 Å². The standard InChI is InChI=1S/C22H35N3O3/c1-17(2)24-9-6-19(7-10-24)25-12-11-23(15-20(25)8-13-26)14-18-4-3-5-21-22(18)28-16-27-21/h3-5,17,19-20,26H,6-16H2,1-2H3/t20-/m1/s1. The van der Waals surface area contributed by atoms with Gasteiger partial charge >= 0.3 is 0 Å². The topological polar surface area (TPSA) is 48.4 Å². The summed E-state index contributed by atoms with van der Waals surface area (Å²) in [4.78, 5) is 7.79. The predicted molar refractivity (Wildman–Crippen MR) is 110 cm³/mol. The van der Waals surface area contributed by atoms with Crippen LogP contribution in [0.1, 0.15) is 38.7 Å². The van der Waals surface area contributed by atoms with Crippen molar-refractivity contribution in [3.63, 3.8) is 0 Å². The second kappa shape index (κ2) is 8.99. The molecule has 2 fully saturated rings. The van der Waals surface area contributed by atoms with Gasteiger partial charge in [-0.15, -0.1) is 0 Å². The molecule has 3 heterocycles. The maximum absolute atomic E-state index is 9.66. The van der Waals surface area contributed by atoms with Gasteiger partial charge < -0.3 is 19.5 Å². The molecule has 3 aliphatic rings. The molecule has 3 aliphatic heterocycles. The Bertz CT molecular complexity index is 646. The first-order chi connectivity index (χ1) is 13.7. The van der Waals surface area contributed by atoms with E-state index in [1.165, 1.54) is 31.5 Å². The quantitative estimate of drug-likeness (QED) is 0.805. The number of aliphatic hydroxyl groups is 1. The van der Waals surface area contributed by atoms with E-state index in [0.717, 1.165) is 44.1 Å². The first kappa shape index (κ1) is 20.0. The summed E-state index contributed by atoms with van der Waals surface area (Å²) in [7, 11) is 0. The summed E-state index contributed by atoms with van der Waals surface area (Å²) in [5.41, 5.74) is 1.21. The average molecular weight is 390 g/mol. The van der Waals surface area contributed by atoms with Crippen molar-refractivity contribution >= 4 is 0 Å². The van der Waals surface area contributed by atoms with Crippen molar-refractivity contribution in [2.45, 2.75) is 57.8 Å². The van der Waals surface area contributed by atoms with Crippen molar-refractivity contribution in [3.8, 4) is 11.5 Å². The molecule has 0 aromatic heterocycles. The zero-order valence-electron chi connectivity index (χ0n) is 17.3. The van der Waals surface area contributed by atoms with Crippen molar-refractivity contribution in [2.24, 2.45) is 0 Å². The molecule has 2 saturated heterocycles. The lowest BCUT2D eigenvalue weighted by Gasteiger charge is -2.48. The van der Waals surface area contributed by atoms with E-state index >= 15 is 0 Å². The van der Waals surface area contributed by atoms with Crippen molar-refractivity contribution < 1.29 is 14.6 Å². The number of ether oxygens (including phenoxy) is 2. The Kier molecular flexibility index (Phi) is 6.41. The smallest absolute Gasteiger partial charge is 0.231 e. The van der Waals surface area contributed by atoms with E-state index in [1.807, 2.05) is 12.1 Å². The molecule has 0 spiro atoms. The van der Waals surface area contributed by atoms with E-state index in [4.69, 9.17) is 9.47 Å². The zero-order chi connectivity index (χ0) is 19.5. The van der Waals surface area contributed by atoms with Crippen LogP contribution < -0.4 is 9.47 Å². The van der Waals surface area contributed by atoms with Crippen LogP contribution in [0.3, 0.4) is 0 Å². The summed E-state index contributed by atoms with van der Waals surface area (Å²) in [6, 6.07) is 7.90. The molecule has 1 atom stereocenters. The molecule has 0 unspecified atom stereocenters. The van der Waals surface area contributed by atoms with Gasteiger partial charge in [-0.3, -0.25) is 9.80 Å². The molecule has 6 heteroatoms. The van der Waals surface area contributed by atoms with Crippen molar-refractivity contribution in [1.29, 1.82) is 0 Å². The summed E-state index contributed by atoms with van der Waals surface area (Å²) < 4.78 is 11.2. The van der Waals surface area contributed by atoms with Gasteiger partial charge in [0.25, 0.3) is 0 Å². The molecule has 6 nitrogen and oxygen atoms in total. The van der Waals surface area contributed by atoms with Crippen LogP contribution in [0.5, 0.6) is 11.5 Å². The van der Waals surface area contributed by atoms with Gasteiger partial charge in [0, 0.05) is 56.5 Å². The van der Waals surface area contributed by atoms with Crippen LogP contribution in [0.2, 0.25) is 0 Å². The fraction of sp³-hybridized carbons (Fsp3) is 0.727. The van der Waals surface area contributed by atoms with Crippen molar-refractivity contribution in [1.82, 2.24) is 14.7 Å². The number of benzene rings is 1. The lowest BCUT2D eigenvalue weighted by Crippen LogP contribution is -2.58. The number of piperazine rings is 1. The molecule has 28 heavy (non-hydrogen) atoms. The number of hydrogen-bond donors (Lipinski definition) is 1. The third kappa shape index (κ3) is 4.30. The lowest BCUT2D eigenvalue weighted by molar-refractivity contribution is -0.000219. The molecule has 0 bridgehead atoms. The van der Waals surface area contributed by atoms with E-state index in [2.05, 4.69) is 34.6 Å². The average Bonchev–Trinajstić information content (AvgIpc) is 3.19. The molecule has 4 rings (SSSR count). The largest absolute Gasteiger partial charge is 0.454 e. The predicted octanol–water partition coefficient (Wildman–Crippen LogP) is 2.16. The van der Waals surface area contributed by atoms with Gasteiger partial charge in [0.2, 0.25) is 6.79 Å². The van der Waals surface area contributed by atoms with Gasteiger partial charge in [-0.05, 0) is 52.3 Å². The molecule has 0 amide bonds. The maximum atomic E-state index is 9.66. The van der Waals surface area contributed by atoms with E-state index in [0.29, 0.717) is 24.9 Å². The SMILES string of the molecule is CC(C)N1CCC(N2CCN(Cc3cccc4c3OCO4)C[C@H]2CCO)CC1. The summed E-state index contributed by atoms with van der Waals surface area (Å²) in [5.74, 6) is 1.77. The summed E-state index contributed by atoms with van der Waals surface area (Å²) in [6.07, 6.45) is 3.35. The molecule has 1 aromatic rings. The van der Waals surface area contributed by atoms with E-state index in [1.54, 1.807) is 0 Å². The third-order valence-corrected chi connectivity index (χ3v) is 6.65. The second-order valence-corrected chi connectivity index (χ2v) is 8.65.